The average molecular weight is 269 g/mol. The minimum atomic E-state index is -0.739. The number of carbonyl (C=O) groups excluding carboxylic acids is 1. The number of hydrogen-bond acceptors (Lipinski definition) is 3. The van der Waals surface area contributed by atoms with Gasteiger partial charge in [-0.1, -0.05) is 12.8 Å². The van der Waals surface area contributed by atoms with Gasteiger partial charge < -0.3 is 10.4 Å². The van der Waals surface area contributed by atoms with Gasteiger partial charge in [-0.3, -0.25) is 9.59 Å². The van der Waals surface area contributed by atoms with E-state index >= 15 is 0 Å². The summed E-state index contributed by atoms with van der Waals surface area (Å²) >= 11 is 1.49. The lowest BCUT2D eigenvalue weighted by molar-refractivity contribution is -0.137. The van der Waals surface area contributed by atoms with Gasteiger partial charge in [-0.25, -0.2) is 0 Å². The van der Waals surface area contributed by atoms with Gasteiger partial charge in [0.25, 0.3) is 5.91 Å². The first-order valence-electron chi connectivity index (χ1n) is 6.16. The van der Waals surface area contributed by atoms with Crippen LogP contribution in [0.2, 0.25) is 0 Å². The molecular formula is C13H19NO3S. The van der Waals surface area contributed by atoms with E-state index in [1.807, 2.05) is 19.1 Å². The second kappa shape index (κ2) is 7.87. The summed E-state index contributed by atoms with van der Waals surface area (Å²) in [4.78, 5) is 23.8. The van der Waals surface area contributed by atoms with Crippen LogP contribution in [0.1, 0.15) is 46.7 Å². The lowest BCUT2D eigenvalue weighted by atomic mass is 10.1. The highest BCUT2D eigenvalue weighted by Gasteiger charge is 2.06. The molecule has 1 aromatic rings. The smallest absolute Gasteiger partial charge is 0.303 e. The molecule has 1 aromatic heterocycles. The van der Waals surface area contributed by atoms with E-state index in [1.165, 1.54) is 11.3 Å². The molecule has 1 heterocycles. The second-order valence-electron chi connectivity index (χ2n) is 4.22. The summed E-state index contributed by atoms with van der Waals surface area (Å²) in [5, 5.41) is 11.3. The van der Waals surface area contributed by atoms with E-state index in [2.05, 4.69) is 5.32 Å². The molecule has 0 saturated carbocycles. The first-order valence-corrected chi connectivity index (χ1v) is 6.97. The van der Waals surface area contributed by atoms with Crippen LogP contribution in [0, 0.1) is 6.92 Å². The fourth-order valence-corrected chi connectivity index (χ4v) is 2.38. The number of unbranched alkanes of at least 4 members (excludes halogenated alkanes) is 3. The molecule has 0 saturated heterocycles. The molecule has 0 unspecified atom stereocenters. The minimum absolute atomic E-state index is 0.0152. The monoisotopic (exact) mass is 269 g/mol. The van der Waals surface area contributed by atoms with Gasteiger partial charge >= 0.3 is 5.97 Å². The number of rotatable bonds is 8. The standard InChI is InChI=1S/C13H19NO3S/c1-10-7-8-11(18-10)13(17)14-9-5-3-2-4-6-12(15)16/h7-8H,2-6,9H2,1H3,(H,14,17)(H,15,16). The topological polar surface area (TPSA) is 66.4 Å². The molecule has 2 N–H and O–H groups in total. The van der Waals surface area contributed by atoms with E-state index in [9.17, 15) is 9.59 Å². The second-order valence-corrected chi connectivity index (χ2v) is 5.51. The summed E-state index contributed by atoms with van der Waals surface area (Å²) in [7, 11) is 0. The van der Waals surface area contributed by atoms with Gasteiger partial charge in [0, 0.05) is 17.8 Å². The zero-order valence-electron chi connectivity index (χ0n) is 10.6. The summed E-state index contributed by atoms with van der Waals surface area (Å²) in [6.07, 6.45) is 3.71. The van der Waals surface area contributed by atoms with Crippen molar-refractivity contribution < 1.29 is 14.7 Å². The molecular weight excluding hydrogens is 250 g/mol. The molecule has 5 heteroatoms. The zero-order chi connectivity index (χ0) is 13.4. The number of carbonyl (C=O) groups is 2. The number of aryl methyl sites for hydroxylation is 1. The van der Waals surface area contributed by atoms with Crippen molar-refractivity contribution in [2.45, 2.75) is 39.0 Å². The number of aliphatic carboxylic acids is 1. The Bertz CT molecular complexity index is 401. The van der Waals surface area contributed by atoms with Crippen LogP contribution in [-0.2, 0) is 4.79 Å². The van der Waals surface area contributed by atoms with E-state index in [0.717, 1.165) is 29.0 Å². The fraction of sp³-hybridized carbons (Fsp3) is 0.538. The van der Waals surface area contributed by atoms with Crippen molar-refractivity contribution in [2.24, 2.45) is 0 Å². The molecule has 1 rings (SSSR count). The van der Waals surface area contributed by atoms with E-state index in [0.29, 0.717) is 13.0 Å². The van der Waals surface area contributed by atoms with Crippen LogP contribution in [0.3, 0.4) is 0 Å². The molecule has 100 valence electrons. The van der Waals surface area contributed by atoms with Crippen molar-refractivity contribution in [2.75, 3.05) is 6.54 Å². The Kier molecular flexibility index (Phi) is 6.43. The van der Waals surface area contributed by atoms with Gasteiger partial charge in [-0.2, -0.15) is 0 Å². The molecule has 4 nitrogen and oxygen atoms in total. The van der Waals surface area contributed by atoms with Gasteiger partial charge in [-0.15, -0.1) is 11.3 Å². The van der Waals surface area contributed by atoms with Gasteiger partial charge in [0.2, 0.25) is 0 Å². The quantitative estimate of drug-likeness (QED) is 0.713. The molecule has 0 fully saturated rings. The maximum absolute atomic E-state index is 11.7. The maximum atomic E-state index is 11.7. The normalized spacial score (nSPS) is 10.3. The van der Waals surface area contributed by atoms with Crippen LogP contribution in [0.15, 0.2) is 12.1 Å². The Morgan fingerprint density at radius 1 is 1.22 bits per heavy atom. The number of carboxylic acid groups (broad SMARTS) is 1. The van der Waals surface area contributed by atoms with Crippen LogP contribution in [0.4, 0.5) is 0 Å². The first kappa shape index (κ1) is 14.7. The maximum Gasteiger partial charge on any atom is 0.303 e. The Balaban J connectivity index is 2.04. The number of hydrogen-bond donors (Lipinski definition) is 2. The molecule has 0 aliphatic heterocycles. The van der Waals surface area contributed by atoms with Crippen molar-refractivity contribution in [3.8, 4) is 0 Å². The summed E-state index contributed by atoms with van der Waals surface area (Å²) < 4.78 is 0. The van der Waals surface area contributed by atoms with Crippen molar-refractivity contribution in [3.05, 3.63) is 21.9 Å². The van der Waals surface area contributed by atoms with Gasteiger partial charge in [0.05, 0.1) is 4.88 Å². The third-order valence-corrected chi connectivity index (χ3v) is 3.57. The van der Waals surface area contributed by atoms with Gasteiger partial charge in [0.15, 0.2) is 0 Å². The highest BCUT2D eigenvalue weighted by Crippen LogP contribution is 2.14. The Hall–Kier alpha value is -1.36. The molecule has 0 bridgehead atoms. The molecule has 0 atom stereocenters. The van der Waals surface area contributed by atoms with Crippen molar-refractivity contribution in [1.29, 1.82) is 0 Å². The van der Waals surface area contributed by atoms with Crippen LogP contribution >= 0.6 is 11.3 Å². The summed E-state index contributed by atoms with van der Waals surface area (Å²) in [6.45, 7) is 2.63. The Morgan fingerprint density at radius 3 is 2.56 bits per heavy atom. The molecule has 0 aliphatic carbocycles. The van der Waals surface area contributed by atoms with Crippen LogP contribution in [0.5, 0.6) is 0 Å². The Morgan fingerprint density at radius 2 is 1.94 bits per heavy atom. The average Bonchev–Trinajstić information content (AvgIpc) is 2.74. The van der Waals surface area contributed by atoms with Gasteiger partial charge in [-0.05, 0) is 31.9 Å². The third-order valence-electron chi connectivity index (χ3n) is 2.57. The Labute approximate surface area is 111 Å². The summed E-state index contributed by atoms with van der Waals surface area (Å²) in [6, 6.07) is 3.77. The molecule has 0 spiro atoms. The predicted octanol–water partition coefficient (Wildman–Crippen LogP) is 2.82. The summed E-state index contributed by atoms with van der Waals surface area (Å²) in [5.41, 5.74) is 0. The largest absolute Gasteiger partial charge is 0.481 e. The van der Waals surface area contributed by atoms with E-state index in [-0.39, 0.29) is 12.3 Å². The third kappa shape index (κ3) is 5.82. The van der Waals surface area contributed by atoms with E-state index in [1.54, 1.807) is 0 Å². The SMILES string of the molecule is Cc1ccc(C(=O)NCCCCCCC(=O)O)s1. The molecule has 18 heavy (non-hydrogen) atoms. The molecule has 0 aromatic carbocycles. The fourth-order valence-electron chi connectivity index (χ4n) is 1.60. The van der Waals surface area contributed by atoms with Crippen LogP contribution in [-0.4, -0.2) is 23.5 Å². The minimum Gasteiger partial charge on any atom is -0.481 e. The first-order chi connectivity index (χ1) is 8.59. The summed E-state index contributed by atoms with van der Waals surface area (Å²) in [5.74, 6) is -0.755. The highest BCUT2D eigenvalue weighted by atomic mass is 32.1. The highest BCUT2D eigenvalue weighted by molar-refractivity contribution is 7.13. The number of amides is 1. The molecule has 0 radical (unpaired) electrons. The lowest BCUT2D eigenvalue weighted by Gasteiger charge is -2.03. The predicted molar refractivity (Wildman–Crippen MR) is 72.1 cm³/mol. The van der Waals surface area contributed by atoms with E-state index in [4.69, 9.17) is 5.11 Å². The van der Waals surface area contributed by atoms with Crippen LogP contribution < -0.4 is 5.32 Å². The molecule has 1 amide bonds. The van der Waals surface area contributed by atoms with Crippen molar-refractivity contribution in [1.82, 2.24) is 5.32 Å². The zero-order valence-corrected chi connectivity index (χ0v) is 11.4. The number of carboxylic acids is 1. The number of thiophene rings is 1. The van der Waals surface area contributed by atoms with E-state index < -0.39 is 5.97 Å². The van der Waals surface area contributed by atoms with Gasteiger partial charge in [0.1, 0.15) is 0 Å². The number of nitrogens with one attached hydrogen (secondary N) is 1. The lowest BCUT2D eigenvalue weighted by Crippen LogP contribution is -2.23. The molecule has 0 aliphatic rings. The van der Waals surface area contributed by atoms with Crippen molar-refractivity contribution in [3.63, 3.8) is 0 Å². The van der Waals surface area contributed by atoms with Crippen LogP contribution in [0.25, 0.3) is 0 Å². The van der Waals surface area contributed by atoms with Crippen molar-refractivity contribution >= 4 is 23.2 Å².